The molecule has 2 aliphatic rings. The van der Waals surface area contributed by atoms with Crippen molar-refractivity contribution in [2.24, 2.45) is 18.9 Å². The van der Waals surface area contributed by atoms with Crippen molar-refractivity contribution >= 4 is 16.8 Å². The molecular formula is C21H29N3O2. The molecule has 2 aromatic rings. The van der Waals surface area contributed by atoms with Gasteiger partial charge in [-0.2, -0.15) is 5.10 Å². The van der Waals surface area contributed by atoms with Crippen LogP contribution in [0.1, 0.15) is 51.0 Å². The van der Waals surface area contributed by atoms with E-state index in [9.17, 15) is 9.90 Å². The number of hydrogen-bond acceptors (Lipinski definition) is 3. The van der Waals surface area contributed by atoms with Gasteiger partial charge in [0, 0.05) is 31.4 Å². The Hall–Kier alpha value is -1.88. The Bertz CT molecular complexity index is 810. The van der Waals surface area contributed by atoms with E-state index >= 15 is 0 Å². The van der Waals surface area contributed by atoms with Crippen LogP contribution in [0.4, 0.5) is 0 Å². The summed E-state index contributed by atoms with van der Waals surface area (Å²) in [7, 11) is 1.98. The molecule has 2 fully saturated rings. The summed E-state index contributed by atoms with van der Waals surface area (Å²) in [6.07, 6.45) is 5.25. The van der Waals surface area contributed by atoms with Gasteiger partial charge in [-0.15, -0.1) is 0 Å². The molecule has 1 aliphatic heterocycles. The molecule has 0 unspecified atom stereocenters. The molecule has 0 bridgehead atoms. The number of fused-ring (bicyclic) bond motifs is 1. The van der Waals surface area contributed by atoms with Crippen molar-refractivity contribution in [2.75, 3.05) is 13.1 Å². The van der Waals surface area contributed by atoms with E-state index in [4.69, 9.17) is 0 Å². The number of carbonyl (C=O) groups excluding carboxylic acids is 1. The van der Waals surface area contributed by atoms with E-state index in [1.165, 1.54) is 16.5 Å². The third-order valence-corrected chi connectivity index (χ3v) is 6.58. The van der Waals surface area contributed by atoms with Crippen LogP contribution in [0.25, 0.3) is 10.9 Å². The van der Waals surface area contributed by atoms with Crippen molar-refractivity contribution in [3.63, 3.8) is 0 Å². The average molecular weight is 355 g/mol. The molecule has 140 valence electrons. The number of hydrogen-bond donors (Lipinski definition) is 1. The van der Waals surface area contributed by atoms with Gasteiger partial charge in [-0.3, -0.25) is 9.48 Å². The predicted molar refractivity (Wildman–Crippen MR) is 102 cm³/mol. The third-order valence-electron chi connectivity index (χ3n) is 6.58. The maximum atomic E-state index is 12.6. The molecule has 5 nitrogen and oxygen atoms in total. The Morgan fingerprint density at radius 1 is 1.31 bits per heavy atom. The Morgan fingerprint density at radius 3 is 2.65 bits per heavy atom. The molecule has 1 saturated heterocycles. The number of aliphatic hydroxyl groups is 1. The van der Waals surface area contributed by atoms with Gasteiger partial charge < -0.3 is 10.0 Å². The molecule has 4 rings (SSSR count). The van der Waals surface area contributed by atoms with Gasteiger partial charge in [0.15, 0.2) is 0 Å². The lowest BCUT2D eigenvalue weighted by Crippen LogP contribution is -2.51. The molecule has 0 radical (unpaired) electrons. The van der Waals surface area contributed by atoms with Gasteiger partial charge in [0.05, 0.1) is 17.3 Å². The lowest BCUT2D eigenvalue weighted by Gasteiger charge is -2.44. The molecule has 1 aliphatic carbocycles. The quantitative estimate of drug-likeness (QED) is 0.920. The van der Waals surface area contributed by atoms with Crippen LogP contribution >= 0.6 is 0 Å². The molecule has 1 aromatic heterocycles. The number of amides is 1. The summed E-state index contributed by atoms with van der Waals surface area (Å²) < 4.78 is 1.93. The van der Waals surface area contributed by atoms with E-state index < -0.39 is 5.60 Å². The van der Waals surface area contributed by atoms with Crippen LogP contribution in [0.5, 0.6) is 0 Å². The number of carbonyl (C=O) groups is 1. The van der Waals surface area contributed by atoms with Gasteiger partial charge in [-0.25, -0.2) is 0 Å². The molecule has 1 saturated carbocycles. The maximum absolute atomic E-state index is 12.6. The second-order valence-electron chi connectivity index (χ2n) is 8.64. The smallest absolute Gasteiger partial charge is 0.225 e. The zero-order valence-corrected chi connectivity index (χ0v) is 16.0. The van der Waals surface area contributed by atoms with E-state index in [1.54, 1.807) is 0 Å². The number of nitrogens with zero attached hydrogens (tertiary/aromatic N) is 3. The summed E-state index contributed by atoms with van der Waals surface area (Å²) in [4.78, 5) is 14.6. The van der Waals surface area contributed by atoms with E-state index in [-0.39, 0.29) is 11.8 Å². The first-order valence-electron chi connectivity index (χ1n) is 9.77. The van der Waals surface area contributed by atoms with Crippen molar-refractivity contribution in [2.45, 2.75) is 51.0 Å². The highest BCUT2D eigenvalue weighted by Gasteiger charge is 2.44. The summed E-state index contributed by atoms with van der Waals surface area (Å²) in [5, 5.41) is 15.4. The van der Waals surface area contributed by atoms with Gasteiger partial charge in [0.25, 0.3) is 0 Å². The fraction of sp³-hybridized carbons (Fsp3) is 0.619. The van der Waals surface area contributed by atoms with Crippen LogP contribution in [0.3, 0.4) is 0 Å². The van der Waals surface area contributed by atoms with Crippen molar-refractivity contribution < 1.29 is 9.90 Å². The molecule has 1 aromatic carbocycles. The van der Waals surface area contributed by atoms with Crippen LogP contribution in [0.2, 0.25) is 0 Å². The topological polar surface area (TPSA) is 58.4 Å². The minimum absolute atomic E-state index is 0.0335. The zero-order chi connectivity index (χ0) is 18.5. The Labute approximate surface area is 155 Å². The Balaban J connectivity index is 1.37. The number of likely N-dealkylation sites (tertiary alicyclic amines) is 1. The average Bonchev–Trinajstić information content (AvgIpc) is 2.99. The van der Waals surface area contributed by atoms with Gasteiger partial charge in [0.2, 0.25) is 5.91 Å². The molecule has 1 atom stereocenters. The van der Waals surface area contributed by atoms with Crippen LogP contribution < -0.4 is 0 Å². The lowest BCUT2D eigenvalue weighted by molar-refractivity contribution is -0.151. The third kappa shape index (κ3) is 3.13. The van der Waals surface area contributed by atoms with Crippen molar-refractivity contribution in [3.8, 4) is 0 Å². The SMILES string of the molecule is C[C@@H](c1ccc2cnn(C)c2c1)C1CCN(C(=O)[C@H]2C[C@@](C)(O)C2)CC1. The van der Waals surface area contributed by atoms with Crippen molar-refractivity contribution in [1.29, 1.82) is 0 Å². The van der Waals surface area contributed by atoms with Crippen LogP contribution in [-0.4, -0.2) is 44.4 Å². The van der Waals surface area contributed by atoms with Crippen LogP contribution in [-0.2, 0) is 11.8 Å². The first-order valence-corrected chi connectivity index (χ1v) is 9.77. The number of aromatic nitrogens is 2. The monoisotopic (exact) mass is 355 g/mol. The number of rotatable bonds is 3. The van der Waals surface area contributed by atoms with Gasteiger partial charge >= 0.3 is 0 Å². The second kappa shape index (κ2) is 6.38. The van der Waals surface area contributed by atoms with Crippen LogP contribution in [0.15, 0.2) is 24.4 Å². The van der Waals surface area contributed by atoms with E-state index in [0.717, 1.165) is 25.9 Å². The van der Waals surface area contributed by atoms with E-state index in [0.29, 0.717) is 24.7 Å². The second-order valence-corrected chi connectivity index (χ2v) is 8.64. The summed E-state index contributed by atoms with van der Waals surface area (Å²) >= 11 is 0. The molecule has 1 amide bonds. The minimum atomic E-state index is -0.627. The molecule has 26 heavy (non-hydrogen) atoms. The lowest BCUT2D eigenvalue weighted by atomic mass is 9.71. The van der Waals surface area contributed by atoms with Gasteiger partial charge in [-0.05, 0) is 56.1 Å². The van der Waals surface area contributed by atoms with Crippen LogP contribution in [0, 0.1) is 11.8 Å². The van der Waals surface area contributed by atoms with Gasteiger partial charge in [0.1, 0.15) is 0 Å². The summed E-state index contributed by atoms with van der Waals surface area (Å²) in [6.45, 7) is 5.83. The standard InChI is InChI=1S/C21H29N3O2/c1-14(16-4-5-17-13-22-23(3)19(17)10-16)15-6-8-24(9-7-15)20(25)18-11-21(2,26)12-18/h4-5,10,13-15,18,26H,6-9,11-12H2,1-3H3/t14-,18-,21+/m1/s1. The minimum Gasteiger partial charge on any atom is -0.390 e. The first kappa shape index (κ1) is 17.5. The van der Waals surface area contributed by atoms with Gasteiger partial charge in [-0.1, -0.05) is 19.1 Å². The van der Waals surface area contributed by atoms with Crippen molar-refractivity contribution in [1.82, 2.24) is 14.7 Å². The number of piperidine rings is 1. The molecule has 1 N–H and O–H groups in total. The Morgan fingerprint density at radius 2 is 2.00 bits per heavy atom. The highest BCUT2D eigenvalue weighted by molar-refractivity contribution is 5.80. The molecule has 2 heterocycles. The summed E-state index contributed by atoms with van der Waals surface area (Å²) in [5.74, 6) is 1.37. The van der Waals surface area contributed by atoms with E-state index in [1.807, 2.05) is 29.7 Å². The summed E-state index contributed by atoms with van der Waals surface area (Å²) in [6, 6.07) is 6.65. The predicted octanol–water partition coefficient (Wildman–Crippen LogP) is 3.08. The highest BCUT2D eigenvalue weighted by Crippen LogP contribution is 2.40. The molecular weight excluding hydrogens is 326 g/mol. The molecule has 0 spiro atoms. The zero-order valence-electron chi connectivity index (χ0n) is 16.0. The van der Waals surface area contributed by atoms with E-state index in [2.05, 4.69) is 30.2 Å². The fourth-order valence-electron chi connectivity index (χ4n) is 4.77. The molecule has 5 heteroatoms. The Kier molecular flexibility index (Phi) is 4.30. The number of aryl methyl sites for hydroxylation is 1. The first-order chi connectivity index (χ1) is 12.3. The maximum Gasteiger partial charge on any atom is 0.225 e. The van der Waals surface area contributed by atoms with Crippen molar-refractivity contribution in [3.05, 3.63) is 30.0 Å². The number of benzene rings is 1. The largest absolute Gasteiger partial charge is 0.390 e. The highest BCUT2D eigenvalue weighted by atomic mass is 16.3. The normalized spacial score (nSPS) is 28.2. The summed E-state index contributed by atoms with van der Waals surface area (Å²) in [5.41, 5.74) is 1.91. The fourth-order valence-corrected chi connectivity index (χ4v) is 4.77.